The second-order valence-electron chi connectivity index (χ2n) is 7.28. The molecule has 33 heavy (non-hydrogen) atoms. The number of hydrogen-bond acceptors (Lipinski definition) is 5. The molecule has 0 unspecified atom stereocenters. The van der Waals surface area contributed by atoms with Crippen molar-refractivity contribution < 1.29 is 9.59 Å². The minimum Gasteiger partial charge on any atom is -0.345 e. The van der Waals surface area contributed by atoms with E-state index in [1.807, 2.05) is 44.2 Å². The van der Waals surface area contributed by atoms with E-state index in [2.05, 4.69) is 36.8 Å². The lowest BCUT2D eigenvalue weighted by atomic mass is 10.1. The zero-order chi connectivity index (χ0) is 24.0. The average Bonchev–Trinajstić information content (AvgIpc) is 3.12. The minimum absolute atomic E-state index is 0.129. The fraction of sp³-hybridized carbons (Fsp3) is 0.217. The number of hydrogen-bond donors (Lipinski definition) is 2. The largest absolute Gasteiger partial charge is 0.345 e. The fourth-order valence-electron chi connectivity index (χ4n) is 3.04. The first-order valence-corrected chi connectivity index (χ1v) is 12.2. The van der Waals surface area contributed by atoms with Crippen molar-refractivity contribution in [1.82, 2.24) is 20.1 Å². The summed E-state index contributed by atoms with van der Waals surface area (Å²) in [6.07, 6.45) is 3.08. The molecule has 2 amide bonds. The number of thioether (sulfide) groups is 1. The molecule has 2 N–H and O–H groups in total. The highest BCUT2D eigenvalue weighted by Gasteiger charge is 2.13. The summed E-state index contributed by atoms with van der Waals surface area (Å²) in [7, 11) is 1.80. The Morgan fingerprint density at radius 1 is 1.18 bits per heavy atom. The lowest BCUT2D eigenvalue weighted by Gasteiger charge is -2.12. The molecule has 0 fully saturated rings. The topological polar surface area (TPSA) is 88.9 Å². The molecular formula is C23H23BrClN5O2S. The lowest BCUT2D eigenvalue weighted by molar-refractivity contribution is -0.116. The summed E-state index contributed by atoms with van der Waals surface area (Å²) in [6, 6.07) is 11.2. The van der Waals surface area contributed by atoms with Crippen molar-refractivity contribution in [3.05, 3.63) is 74.5 Å². The Labute approximate surface area is 210 Å². The van der Waals surface area contributed by atoms with Gasteiger partial charge in [-0.15, -0.1) is 10.2 Å². The SMILES string of the molecule is Cc1cc(Br)cc(C)c1NC(=O)CSc1nnc(CNC(=O)/C=C/c2ccccc2Cl)n1C. The van der Waals surface area contributed by atoms with Crippen LogP contribution in [0.15, 0.2) is 52.1 Å². The molecule has 1 heterocycles. The quantitative estimate of drug-likeness (QED) is 0.308. The third-order valence-electron chi connectivity index (χ3n) is 4.76. The number of rotatable bonds is 8. The minimum atomic E-state index is -0.272. The first-order chi connectivity index (χ1) is 15.7. The smallest absolute Gasteiger partial charge is 0.244 e. The van der Waals surface area contributed by atoms with Crippen molar-refractivity contribution in [2.45, 2.75) is 25.5 Å². The second-order valence-corrected chi connectivity index (χ2v) is 9.55. The van der Waals surface area contributed by atoms with Gasteiger partial charge in [-0.3, -0.25) is 9.59 Å². The van der Waals surface area contributed by atoms with Crippen LogP contribution in [-0.2, 0) is 23.2 Å². The van der Waals surface area contributed by atoms with E-state index in [1.54, 1.807) is 23.8 Å². The molecule has 0 bridgehead atoms. The Balaban J connectivity index is 1.52. The van der Waals surface area contributed by atoms with Gasteiger partial charge in [0.1, 0.15) is 0 Å². The molecule has 0 aliphatic heterocycles. The number of nitrogens with one attached hydrogen (secondary N) is 2. The number of aromatic nitrogens is 3. The van der Waals surface area contributed by atoms with E-state index in [9.17, 15) is 9.59 Å². The van der Waals surface area contributed by atoms with Gasteiger partial charge in [0.25, 0.3) is 0 Å². The van der Waals surface area contributed by atoms with Crippen LogP contribution in [0.25, 0.3) is 6.08 Å². The van der Waals surface area contributed by atoms with Gasteiger partial charge in [-0.2, -0.15) is 0 Å². The monoisotopic (exact) mass is 547 g/mol. The molecule has 0 spiro atoms. The highest BCUT2D eigenvalue weighted by molar-refractivity contribution is 9.10. The van der Waals surface area contributed by atoms with Crippen LogP contribution in [0, 0.1) is 13.8 Å². The molecule has 10 heteroatoms. The van der Waals surface area contributed by atoms with Crippen LogP contribution in [0.5, 0.6) is 0 Å². The van der Waals surface area contributed by atoms with E-state index in [0.717, 1.165) is 26.9 Å². The molecule has 0 aliphatic rings. The van der Waals surface area contributed by atoms with Crippen molar-refractivity contribution in [3.63, 3.8) is 0 Å². The highest BCUT2D eigenvalue weighted by atomic mass is 79.9. The van der Waals surface area contributed by atoms with Crippen LogP contribution < -0.4 is 10.6 Å². The molecular weight excluding hydrogens is 526 g/mol. The van der Waals surface area contributed by atoms with E-state index in [4.69, 9.17) is 11.6 Å². The maximum absolute atomic E-state index is 12.4. The number of amides is 2. The first kappa shape index (κ1) is 25.0. The predicted molar refractivity (Wildman–Crippen MR) is 136 cm³/mol. The van der Waals surface area contributed by atoms with Gasteiger partial charge in [-0.05, 0) is 54.8 Å². The number of aryl methyl sites for hydroxylation is 2. The Kier molecular flexibility index (Phi) is 8.71. The third kappa shape index (κ3) is 6.93. The molecule has 172 valence electrons. The van der Waals surface area contributed by atoms with Crippen molar-refractivity contribution >= 4 is 62.9 Å². The van der Waals surface area contributed by atoms with Gasteiger partial charge in [0.15, 0.2) is 11.0 Å². The average molecular weight is 549 g/mol. The standard InChI is InChI=1S/C23H23BrClN5O2S/c1-14-10-17(24)11-15(2)22(14)27-21(32)13-33-23-29-28-19(30(23)3)12-26-20(31)9-8-16-6-4-5-7-18(16)25/h4-11H,12-13H2,1-3H3,(H,26,31)(H,27,32)/b9-8+. The molecule has 2 aromatic carbocycles. The fourth-order valence-corrected chi connectivity index (χ4v) is 4.65. The van der Waals surface area contributed by atoms with Gasteiger partial charge in [0.2, 0.25) is 11.8 Å². The maximum Gasteiger partial charge on any atom is 0.244 e. The molecule has 0 atom stereocenters. The van der Waals surface area contributed by atoms with Crippen molar-refractivity contribution in [2.24, 2.45) is 7.05 Å². The Hall–Kier alpha value is -2.62. The van der Waals surface area contributed by atoms with Crippen LogP contribution in [0.2, 0.25) is 5.02 Å². The molecule has 3 aromatic rings. The van der Waals surface area contributed by atoms with Crippen LogP contribution in [0.1, 0.15) is 22.5 Å². The summed E-state index contributed by atoms with van der Waals surface area (Å²) in [5, 5.41) is 15.1. The zero-order valence-electron chi connectivity index (χ0n) is 18.4. The number of carbonyl (C=O) groups excluding carboxylic acids is 2. The number of carbonyl (C=O) groups is 2. The summed E-state index contributed by atoms with van der Waals surface area (Å²) < 4.78 is 2.73. The van der Waals surface area contributed by atoms with E-state index in [-0.39, 0.29) is 24.1 Å². The van der Waals surface area contributed by atoms with E-state index in [0.29, 0.717) is 16.0 Å². The van der Waals surface area contributed by atoms with Gasteiger partial charge in [-0.25, -0.2) is 0 Å². The second kappa shape index (κ2) is 11.5. The Morgan fingerprint density at radius 3 is 2.58 bits per heavy atom. The van der Waals surface area contributed by atoms with E-state index < -0.39 is 0 Å². The van der Waals surface area contributed by atoms with Crippen LogP contribution in [-0.4, -0.2) is 32.3 Å². The molecule has 0 saturated carbocycles. The predicted octanol–water partition coefficient (Wildman–Crippen LogP) is 4.91. The van der Waals surface area contributed by atoms with Crippen molar-refractivity contribution in [1.29, 1.82) is 0 Å². The van der Waals surface area contributed by atoms with Crippen LogP contribution in [0.4, 0.5) is 5.69 Å². The summed E-state index contributed by atoms with van der Waals surface area (Å²) in [6.45, 7) is 4.11. The third-order valence-corrected chi connectivity index (χ3v) is 6.58. The molecule has 3 rings (SSSR count). The van der Waals surface area contributed by atoms with Gasteiger partial charge < -0.3 is 15.2 Å². The summed E-state index contributed by atoms with van der Waals surface area (Å²) in [4.78, 5) is 24.6. The molecule has 0 saturated heterocycles. The lowest BCUT2D eigenvalue weighted by Crippen LogP contribution is -2.22. The molecule has 0 radical (unpaired) electrons. The molecule has 7 nitrogen and oxygen atoms in total. The van der Waals surface area contributed by atoms with Gasteiger partial charge in [-0.1, -0.05) is 57.5 Å². The number of halogens is 2. The number of nitrogens with zero attached hydrogens (tertiary/aromatic N) is 3. The van der Waals surface area contributed by atoms with Crippen LogP contribution in [0.3, 0.4) is 0 Å². The van der Waals surface area contributed by atoms with Gasteiger partial charge in [0, 0.05) is 28.3 Å². The normalized spacial score (nSPS) is 11.1. The van der Waals surface area contributed by atoms with Crippen molar-refractivity contribution in [3.8, 4) is 0 Å². The number of benzene rings is 2. The highest BCUT2D eigenvalue weighted by Crippen LogP contribution is 2.25. The molecule has 1 aromatic heterocycles. The van der Waals surface area contributed by atoms with Gasteiger partial charge in [0.05, 0.1) is 12.3 Å². The Bertz CT molecular complexity index is 1190. The van der Waals surface area contributed by atoms with E-state index in [1.165, 1.54) is 17.8 Å². The van der Waals surface area contributed by atoms with Crippen LogP contribution >= 0.6 is 39.3 Å². The first-order valence-electron chi connectivity index (χ1n) is 10.0. The van der Waals surface area contributed by atoms with Crippen molar-refractivity contribution in [2.75, 3.05) is 11.1 Å². The number of anilines is 1. The molecule has 0 aliphatic carbocycles. The van der Waals surface area contributed by atoms with E-state index >= 15 is 0 Å². The van der Waals surface area contributed by atoms with Gasteiger partial charge >= 0.3 is 0 Å². The maximum atomic E-state index is 12.4. The summed E-state index contributed by atoms with van der Waals surface area (Å²) in [5.74, 6) is 0.369. The summed E-state index contributed by atoms with van der Waals surface area (Å²) in [5.41, 5.74) is 3.55. The Morgan fingerprint density at radius 2 is 1.88 bits per heavy atom. The zero-order valence-corrected chi connectivity index (χ0v) is 21.5. The summed E-state index contributed by atoms with van der Waals surface area (Å²) >= 11 is 10.8.